The molecule has 1 aliphatic heterocycles. The third-order valence-corrected chi connectivity index (χ3v) is 11.7. The molecule has 2 N–H and O–H groups in total. The van der Waals surface area contributed by atoms with Crippen LogP contribution < -0.4 is 0 Å². The Hall–Kier alpha value is -0.610. The lowest BCUT2D eigenvalue weighted by Crippen LogP contribution is -2.58. The summed E-state index contributed by atoms with van der Waals surface area (Å²) in [5, 5.41) is 21.7. The zero-order valence-electron chi connectivity index (χ0n) is 20.8. The second-order valence-electron chi connectivity index (χ2n) is 13.1. The Morgan fingerprint density at radius 1 is 0.969 bits per heavy atom. The van der Waals surface area contributed by atoms with E-state index in [-0.39, 0.29) is 12.2 Å². The minimum absolute atomic E-state index is 0.161. The highest BCUT2D eigenvalue weighted by Gasteiger charge is 2.62. The number of likely N-dealkylation sites (tertiary alicyclic amines) is 1. The van der Waals surface area contributed by atoms with E-state index < -0.39 is 0 Å². The summed E-state index contributed by atoms with van der Waals surface area (Å²) >= 11 is 0. The van der Waals surface area contributed by atoms with Crippen LogP contribution in [0.15, 0.2) is 0 Å². The summed E-state index contributed by atoms with van der Waals surface area (Å²) in [6, 6.07) is 0. The monoisotopic (exact) mass is 445 g/mol. The van der Waals surface area contributed by atoms with Gasteiger partial charge in [-0.2, -0.15) is 0 Å². The van der Waals surface area contributed by atoms with E-state index in [0.717, 1.165) is 51.6 Å². The van der Waals surface area contributed by atoms with Crippen molar-refractivity contribution < 1.29 is 15.0 Å². The molecule has 0 bridgehead atoms. The predicted molar refractivity (Wildman–Crippen MR) is 127 cm³/mol. The van der Waals surface area contributed by atoms with Gasteiger partial charge in [0.05, 0.1) is 12.2 Å². The minimum Gasteiger partial charge on any atom is -0.393 e. The van der Waals surface area contributed by atoms with Gasteiger partial charge in [0.25, 0.3) is 0 Å². The first-order valence-electron chi connectivity index (χ1n) is 13.9. The Morgan fingerprint density at radius 3 is 2.41 bits per heavy atom. The largest absolute Gasteiger partial charge is 0.393 e. The van der Waals surface area contributed by atoms with Crippen molar-refractivity contribution in [3.63, 3.8) is 0 Å². The van der Waals surface area contributed by atoms with E-state index in [0.29, 0.717) is 52.2 Å². The van der Waals surface area contributed by atoms with Crippen molar-refractivity contribution in [1.29, 1.82) is 0 Å². The van der Waals surface area contributed by atoms with E-state index in [9.17, 15) is 15.0 Å². The van der Waals surface area contributed by atoms with Crippen LogP contribution >= 0.6 is 0 Å². The van der Waals surface area contributed by atoms with E-state index in [1.54, 1.807) is 0 Å². The zero-order chi connectivity index (χ0) is 22.7. The van der Waals surface area contributed by atoms with Gasteiger partial charge in [-0.05, 0) is 117 Å². The molecule has 5 fully saturated rings. The first-order chi connectivity index (χ1) is 15.2. The number of amides is 1. The van der Waals surface area contributed by atoms with Gasteiger partial charge in [0.1, 0.15) is 0 Å². The summed E-state index contributed by atoms with van der Waals surface area (Å²) in [5.74, 6) is 3.81. The molecule has 1 heterocycles. The Bertz CT molecular complexity index is 705. The van der Waals surface area contributed by atoms with Gasteiger partial charge in [-0.1, -0.05) is 20.8 Å². The molecule has 0 radical (unpaired) electrons. The van der Waals surface area contributed by atoms with Crippen molar-refractivity contribution in [2.24, 2.45) is 46.3 Å². The third-order valence-electron chi connectivity index (χ3n) is 11.7. The fraction of sp³-hybridized carbons (Fsp3) is 0.964. The predicted octanol–water partition coefficient (Wildman–Crippen LogP) is 5.02. The van der Waals surface area contributed by atoms with Crippen LogP contribution in [0.1, 0.15) is 97.8 Å². The van der Waals surface area contributed by atoms with Crippen molar-refractivity contribution in [3.05, 3.63) is 0 Å². The van der Waals surface area contributed by atoms with Crippen LogP contribution in [-0.4, -0.2) is 46.3 Å². The summed E-state index contributed by atoms with van der Waals surface area (Å²) < 4.78 is 0. The van der Waals surface area contributed by atoms with Crippen LogP contribution in [0.25, 0.3) is 0 Å². The highest BCUT2D eigenvalue weighted by molar-refractivity contribution is 5.76. The molecule has 32 heavy (non-hydrogen) atoms. The van der Waals surface area contributed by atoms with E-state index in [1.807, 2.05) is 0 Å². The lowest BCUT2D eigenvalue weighted by Gasteiger charge is -2.62. The first-order valence-corrected chi connectivity index (χ1v) is 13.9. The van der Waals surface area contributed by atoms with Crippen molar-refractivity contribution in [1.82, 2.24) is 4.90 Å². The molecule has 0 unspecified atom stereocenters. The number of nitrogens with zero attached hydrogens (tertiary/aromatic N) is 1. The van der Waals surface area contributed by atoms with Crippen molar-refractivity contribution in [3.8, 4) is 0 Å². The van der Waals surface area contributed by atoms with Gasteiger partial charge in [0.15, 0.2) is 0 Å². The number of aliphatic hydroxyl groups excluding tert-OH is 2. The molecule has 1 saturated heterocycles. The number of hydrogen-bond acceptors (Lipinski definition) is 3. The van der Waals surface area contributed by atoms with Gasteiger partial charge < -0.3 is 15.1 Å². The van der Waals surface area contributed by atoms with Crippen LogP contribution in [0.3, 0.4) is 0 Å². The summed E-state index contributed by atoms with van der Waals surface area (Å²) in [4.78, 5) is 14.7. The van der Waals surface area contributed by atoms with E-state index >= 15 is 0 Å². The SMILES string of the molecule is C[C@H](CCC(=O)N1CCCC1)[C@H]1CC[C@H]2[C@@H]3[C@H](O)C[C@@H]4C[C@H](O)CC[C@]4(C)[C@H]3CC[C@]12C. The molecule has 4 heteroatoms. The summed E-state index contributed by atoms with van der Waals surface area (Å²) in [7, 11) is 0. The maximum atomic E-state index is 12.6. The fourth-order valence-corrected chi connectivity index (χ4v) is 9.85. The summed E-state index contributed by atoms with van der Waals surface area (Å²) in [6.45, 7) is 9.37. The highest BCUT2D eigenvalue weighted by Crippen LogP contribution is 2.68. The van der Waals surface area contributed by atoms with Gasteiger partial charge in [-0.3, -0.25) is 4.79 Å². The molecular formula is C28H47NO3. The molecule has 0 aromatic carbocycles. The normalized spacial score (nSPS) is 49.3. The van der Waals surface area contributed by atoms with Gasteiger partial charge in [-0.25, -0.2) is 0 Å². The lowest BCUT2D eigenvalue weighted by molar-refractivity contribution is -0.174. The summed E-state index contributed by atoms with van der Waals surface area (Å²) in [5.41, 5.74) is 0.617. The molecule has 4 nitrogen and oxygen atoms in total. The molecular weight excluding hydrogens is 398 g/mol. The van der Waals surface area contributed by atoms with Gasteiger partial charge >= 0.3 is 0 Å². The number of hydrogen-bond donors (Lipinski definition) is 2. The number of carbonyl (C=O) groups is 1. The molecule has 4 saturated carbocycles. The number of rotatable bonds is 4. The second kappa shape index (κ2) is 8.56. The molecule has 5 aliphatic rings. The molecule has 0 aromatic heterocycles. The second-order valence-corrected chi connectivity index (χ2v) is 13.1. The Morgan fingerprint density at radius 2 is 1.66 bits per heavy atom. The molecule has 5 rings (SSSR count). The van der Waals surface area contributed by atoms with Crippen LogP contribution in [0, 0.1) is 46.3 Å². The first kappa shape index (κ1) is 23.1. The van der Waals surface area contributed by atoms with E-state index in [1.165, 1.54) is 38.5 Å². The summed E-state index contributed by atoms with van der Waals surface area (Å²) in [6.07, 6.45) is 12.7. The van der Waals surface area contributed by atoms with Gasteiger partial charge in [0.2, 0.25) is 5.91 Å². The zero-order valence-corrected chi connectivity index (χ0v) is 20.8. The Kier molecular flexibility index (Phi) is 6.19. The molecule has 0 aromatic rings. The Balaban J connectivity index is 1.28. The van der Waals surface area contributed by atoms with E-state index in [2.05, 4.69) is 25.7 Å². The quantitative estimate of drug-likeness (QED) is 0.639. The van der Waals surface area contributed by atoms with Crippen molar-refractivity contribution >= 4 is 5.91 Å². The maximum Gasteiger partial charge on any atom is 0.222 e. The van der Waals surface area contributed by atoms with Gasteiger partial charge in [0, 0.05) is 19.5 Å². The number of carbonyl (C=O) groups excluding carboxylic acids is 1. The Labute approximate surface area is 195 Å². The molecule has 182 valence electrons. The average Bonchev–Trinajstić information content (AvgIpc) is 3.41. The van der Waals surface area contributed by atoms with Crippen LogP contribution in [0.4, 0.5) is 0 Å². The molecule has 4 aliphatic carbocycles. The third kappa shape index (κ3) is 3.67. The van der Waals surface area contributed by atoms with Crippen LogP contribution in [-0.2, 0) is 4.79 Å². The lowest BCUT2D eigenvalue weighted by atomic mass is 9.43. The van der Waals surface area contributed by atoms with Crippen molar-refractivity contribution in [2.75, 3.05) is 13.1 Å². The van der Waals surface area contributed by atoms with Crippen LogP contribution in [0.5, 0.6) is 0 Å². The smallest absolute Gasteiger partial charge is 0.222 e. The van der Waals surface area contributed by atoms with Gasteiger partial charge in [-0.15, -0.1) is 0 Å². The average molecular weight is 446 g/mol. The fourth-order valence-electron chi connectivity index (χ4n) is 9.85. The molecule has 0 spiro atoms. The van der Waals surface area contributed by atoms with Crippen LogP contribution in [0.2, 0.25) is 0 Å². The molecule has 10 atom stereocenters. The minimum atomic E-state index is -0.196. The van der Waals surface area contributed by atoms with Crippen molar-refractivity contribution in [2.45, 2.75) is 110 Å². The number of aliphatic hydroxyl groups is 2. The molecule has 1 amide bonds. The highest BCUT2D eigenvalue weighted by atomic mass is 16.3. The standard InChI is InChI=1S/C28H47NO3/c1-18(6-9-25(32)29-14-4-5-15-29)21-7-8-22-26-23(11-13-28(21,22)3)27(2)12-10-20(30)16-19(27)17-24(26)31/h18-24,26,30-31H,4-17H2,1-3H3/t18-,19+,20-,21-,22+,23+,24-,26+,27+,28-/m1/s1. The topological polar surface area (TPSA) is 60.8 Å². The number of fused-ring (bicyclic) bond motifs is 5. The van der Waals surface area contributed by atoms with E-state index in [4.69, 9.17) is 0 Å². The maximum absolute atomic E-state index is 12.6.